The lowest BCUT2D eigenvalue weighted by Gasteiger charge is -2.20. The highest BCUT2D eigenvalue weighted by molar-refractivity contribution is 5.97. The van der Waals surface area contributed by atoms with Gasteiger partial charge < -0.3 is 20.5 Å². The summed E-state index contributed by atoms with van der Waals surface area (Å²) in [4.78, 5) is 21.3. The van der Waals surface area contributed by atoms with E-state index in [0.29, 0.717) is 25.5 Å². The van der Waals surface area contributed by atoms with E-state index in [1.54, 1.807) is 24.1 Å². The van der Waals surface area contributed by atoms with E-state index in [-0.39, 0.29) is 23.7 Å². The quantitative estimate of drug-likeness (QED) is 0.644. The molecule has 1 amide bonds. The highest BCUT2D eigenvalue weighted by atomic mass is 16.5. The Morgan fingerprint density at radius 2 is 2.14 bits per heavy atom. The minimum atomic E-state index is -0.412. The second kappa shape index (κ2) is 8.38. The van der Waals surface area contributed by atoms with Crippen molar-refractivity contribution in [3.05, 3.63) is 60.2 Å². The maximum absolute atomic E-state index is 12.8. The Labute approximate surface area is 167 Å². The zero-order chi connectivity index (χ0) is 20.2. The molecule has 1 saturated heterocycles. The van der Waals surface area contributed by atoms with Crippen LogP contribution in [0.15, 0.2) is 48.9 Å². The van der Waals surface area contributed by atoms with Crippen LogP contribution in [0.2, 0.25) is 0 Å². The van der Waals surface area contributed by atoms with Crippen molar-refractivity contribution in [3.8, 4) is 11.3 Å². The third kappa shape index (κ3) is 4.41. The Kier molecular flexibility index (Phi) is 5.50. The van der Waals surface area contributed by atoms with Crippen molar-refractivity contribution in [2.45, 2.75) is 18.8 Å². The lowest BCUT2D eigenvalue weighted by atomic mass is 10.2. The van der Waals surface area contributed by atoms with Gasteiger partial charge in [0.15, 0.2) is 11.5 Å². The molecule has 4 rings (SSSR count). The van der Waals surface area contributed by atoms with Gasteiger partial charge in [0.1, 0.15) is 6.10 Å². The Morgan fingerprint density at radius 1 is 1.31 bits per heavy atom. The summed E-state index contributed by atoms with van der Waals surface area (Å²) >= 11 is 0. The number of carbonyl (C=O) groups is 1. The number of rotatable bonds is 6. The maximum Gasteiger partial charge on any atom is 0.274 e. The fourth-order valence-corrected chi connectivity index (χ4v) is 3.11. The normalized spacial score (nSPS) is 18.7. The number of anilines is 1. The van der Waals surface area contributed by atoms with E-state index in [4.69, 9.17) is 15.2 Å². The van der Waals surface area contributed by atoms with Gasteiger partial charge in [0.25, 0.3) is 5.91 Å². The van der Waals surface area contributed by atoms with Crippen molar-refractivity contribution >= 4 is 11.7 Å². The van der Waals surface area contributed by atoms with Crippen LogP contribution < -0.4 is 11.1 Å². The summed E-state index contributed by atoms with van der Waals surface area (Å²) in [6.45, 7) is 1.22. The fraction of sp³-hybridized carbons (Fsp3) is 0.300. The molecule has 9 heteroatoms. The molecule has 0 spiro atoms. The smallest absolute Gasteiger partial charge is 0.274 e. The molecule has 2 atom stereocenters. The number of hydrogen-bond donors (Lipinski definition) is 2. The molecule has 9 nitrogen and oxygen atoms in total. The topological polar surface area (TPSA) is 117 Å². The molecule has 3 aromatic rings. The molecule has 0 aliphatic carbocycles. The van der Waals surface area contributed by atoms with Crippen LogP contribution in [0, 0.1) is 0 Å². The van der Waals surface area contributed by atoms with Gasteiger partial charge in [-0.15, -0.1) is 0 Å². The molecule has 1 aliphatic heterocycles. The minimum Gasteiger partial charge on any atom is -0.382 e. The molecule has 1 aromatic carbocycles. The SMILES string of the molecule is Cn1cc(-c2cnc(N)c(C(=O)N[C@@H]3COC[C@H]3OCc3ccccc3)n2)cn1. The highest BCUT2D eigenvalue weighted by Crippen LogP contribution is 2.19. The van der Waals surface area contributed by atoms with Gasteiger partial charge in [0.05, 0.1) is 44.0 Å². The lowest BCUT2D eigenvalue weighted by Crippen LogP contribution is -2.44. The summed E-state index contributed by atoms with van der Waals surface area (Å²) in [6.07, 6.45) is 4.71. The van der Waals surface area contributed by atoms with Gasteiger partial charge in [-0.3, -0.25) is 9.48 Å². The van der Waals surface area contributed by atoms with Gasteiger partial charge in [0, 0.05) is 18.8 Å². The van der Waals surface area contributed by atoms with Crippen molar-refractivity contribution in [2.75, 3.05) is 18.9 Å². The van der Waals surface area contributed by atoms with Gasteiger partial charge >= 0.3 is 0 Å². The molecule has 1 fully saturated rings. The highest BCUT2D eigenvalue weighted by Gasteiger charge is 2.31. The van der Waals surface area contributed by atoms with Gasteiger partial charge in [-0.1, -0.05) is 30.3 Å². The molecule has 2 aromatic heterocycles. The molecule has 3 N–H and O–H groups in total. The number of nitrogens with two attached hydrogens (primary N) is 1. The Hall–Kier alpha value is -3.30. The summed E-state index contributed by atoms with van der Waals surface area (Å²) in [5.74, 6) is -0.347. The molecule has 1 aliphatic rings. The first-order valence-corrected chi connectivity index (χ1v) is 9.26. The second-order valence-corrected chi connectivity index (χ2v) is 6.84. The van der Waals surface area contributed by atoms with E-state index in [1.807, 2.05) is 30.3 Å². The molecular weight excluding hydrogens is 372 g/mol. The number of carbonyl (C=O) groups excluding carboxylic acids is 1. The average Bonchev–Trinajstić information content (AvgIpc) is 3.36. The summed E-state index contributed by atoms with van der Waals surface area (Å²) in [5.41, 5.74) is 8.31. The molecule has 29 heavy (non-hydrogen) atoms. The van der Waals surface area contributed by atoms with Crippen LogP contribution in [0.1, 0.15) is 16.1 Å². The van der Waals surface area contributed by atoms with E-state index in [9.17, 15) is 4.79 Å². The number of nitrogens with one attached hydrogen (secondary N) is 1. The standard InChI is InChI=1S/C20H22N6O3/c1-26-9-14(7-23-26)15-8-22-19(21)18(24-15)20(27)25-16-11-28-12-17(16)29-10-13-5-3-2-4-6-13/h2-9,16-17H,10-12H2,1H3,(H2,21,22)(H,25,27)/t16-,17-/m1/s1. The number of amides is 1. The average molecular weight is 394 g/mol. The third-order valence-corrected chi connectivity index (χ3v) is 4.67. The second-order valence-electron chi connectivity index (χ2n) is 6.84. The number of nitrogens with zero attached hydrogens (tertiary/aromatic N) is 4. The van der Waals surface area contributed by atoms with Crippen LogP contribution in [-0.2, 0) is 23.1 Å². The van der Waals surface area contributed by atoms with Gasteiger partial charge in [-0.2, -0.15) is 5.10 Å². The predicted molar refractivity (Wildman–Crippen MR) is 106 cm³/mol. The molecule has 0 saturated carbocycles. The first kappa shape index (κ1) is 19.0. The Bertz CT molecular complexity index is 991. The van der Waals surface area contributed by atoms with E-state index in [0.717, 1.165) is 11.1 Å². The zero-order valence-electron chi connectivity index (χ0n) is 16.0. The Balaban J connectivity index is 1.44. The van der Waals surface area contributed by atoms with Gasteiger partial charge in [-0.25, -0.2) is 9.97 Å². The van der Waals surface area contributed by atoms with E-state index in [1.165, 1.54) is 6.20 Å². The van der Waals surface area contributed by atoms with Crippen LogP contribution in [0.5, 0.6) is 0 Å². The summed E-state index contributed by atoms with van der Waals surface area (Å²) in [5, 5.41) is 7.03. The maximum atomic E-state index is 12.8. The number of aryl methyl sites for hydroxylation is 1. The largest absolute Gasteiger partial charge is 0.382 e. The van der Waals surface area contributed by atoms with Crippen LogP contribution >= 0.6 is 0 Å². The minimum absolute atomic E-state index is 0.0656. The van der Waals surface area contributed by atoms with Crippen LogP contribution in [0.25, 0.3) is 11.3 Å². The monoisotopic (exact) mass is 394 g/mol. The molecule has 0 bridgehead atoms. The van der Waals surface area contributed by atoms with E-state index >= 15 is 0 Å². The van der Waals surface area contributed by atoms with Crippen molar-refractivity contribution in [1.82, 2.24) is 25.1 Å². The number of aromatic nitrogens is 4. The van der Waals surface area contributed by atoms with Crippen molar-refractivity contribution in [2.24, 2.45) is 7.05 Å². The predicted octanol–water partition coefficient (Wildman–Crippen LogP) is 1.17. The van der Waals surface area contributed by atoms with Crippen molar-refractivity contribution in [1.29, 1.82) is 0 Å². The fourth-order valence-electron chi connectivity index (χ4n) is 3.11. The molecular formula is C20H22N6O3. The number of hydrogen-bond acceptors (Lipinski definition) is 7. The summed E-state index contributed by atoms with van der Waals surface area (Å²) in [6, 6.07) is 9.55. The summed E-state index contributed by atoms with van der Waals surface area (Å²) < 4.78 is 13.1. The van der Waals surface area contributed by atoms with Gasteiger partial charge in [-0.05, 0) is 5.56 Å². The first-order chi connectivity index (χ1) is 14.1. The number of benzene rings is 1. The van der Waals surface area contributed by atoms with Gasteiger partial charge in [0.2, 0.25) is 0 Å². The van der Waals surface area contributed by atoms with Crippen molar-refractivity contribution in [3.63, 3.8) is 0 Å². The number of nitrogen functional groups attached to an aromatic ring is 1. The number of ether oxygens (including phenoxy) is 2. The Morgan fingerprint density at radius 3 is 2.90 bits per heavy atom. The first-order valence-electron chi connectivity index (χ1n) is 9.26. The van der Waals surface area contributed by atoms with Crippen LogP contribution in [0.3, 0.4) is 0 Å². The molecule has 150 valence electrons. The van der Waals surface area contributed by atoms with Crippen LogP contribution in [-0.4, -0.2) is 51.0 Å². The van der Waals surface area contributed by atoms with Crippen molar-refractivity contribution < 1.29 is 14.3 Å². The third-order valence-electron chi connectivity index (χ3n) is 4.67. The molecule has 0 radical (unpaired) electrons. The molecule has 0 unspecified atom stereocenters. The summed E-state index contributed by atoms with van der Waals surface area (Å²) in [7, 11) is 1.80. The van der Waals surface area contributed by atoms with E-state index in [2.05, 4.69) is 20.4 Å². The van der Waals surface area contributed by atoms with E-state index < -0.39 is 5.91 Å². The zero-order valence-corrected chi connectivity index (χ0v) is 16.0. The molecule has 3 heterocycles. The van der Waals surface area contributed by atoms with Crippen LogP contribution in [0.4, 0.5) is 5.82 Å². The lowest BCUT2D eigenvalue weighted by molar-refractivity contribution is 0.0218.